The van der Waals surface area contributed by atoms with Crippen LogP contribution in [0.3, 0.4) is 0 Å². The molecule has 3 aromatic carbocycles. The van der Waals surface area contributed by atoms with Crippen molar-refractivity contribution in [1.82, 2.24) is 5.16 Å². The zero-order chi connectivity index (χ0) is 27.3. The van der Waals surface area contributed by atoms with Crippen LogP contribution in [-0.2, 0) is 0 Å². The number of nitrogens with zero attached hydrogens (tertiary/aromatic N) is 2. The van der Waals surface area contributed by atoms with Gasteiger partial charge in [0.05, 0.1) is 23.8 Å². The largest absolute Gasteiger partial charge is 0.494 e. The van der Waals surface area contributed by atoms with E-state index in [2.05, 4.69) is 18.1 Å². The number of carbonyl (C=O) groups excluding carboxylic acids is 1. The van der Waals surface area contributed by atoms with Crippen molar-refractivity contribution in [1.29, 1.82) is 5.26 Å². The van der Waals surface area contributed by atoms with Crippen molar-refractivity contribution in [2.24, 2.45) is 0 Å². The van der Waals surface area contributed by atoms with E-state index in [0.717, 1.165) is 23.3 Å². The first-order valence-corrected chi connectivity index (χ1v) is 13.7. The van der Waals surface area contributed by atoms with Gasteiger partial charge in [0.1, 0.15) is 17.2 Å². The van der Waals surface area contributed by atoms with Crippen LogP contribution in [0, 0.1) is 11.3 Å². The van der Waals surface area contributed by atoms with Crippen molar-refractivity contribution < 1.29 is 18.8 Å². The third-order valence-electron chi connectivity index (χ3n) is 6.53. The maximum absolute atomic E-state index is 12.6. The van der Waals surface area contributed by atoms with E-state index < -0.39 is 5.97 Å². The Bertz CT molecular complexity index is 1350. The van der Waals surface area contributed by atoms with Gasteiger partial charge in [-0.25, -0.2) is 4.79 Å². The van der Waals surface area contributed by atoms with Gasteiger partial charge in [0, 0.05) is 17.2 Å². The first-order chi connectivity index (χ1) is 19.2. The summed E-state index contributed by atoms with van der Waals surface area (Å²) in [6, 6.07) is 25.2. The fraction of sp³-hybridized carbons (Fsp3) is 0.303. The molecule has 0 N–H and O–H groups in total. The Kier molecular flexibility index (Phi) is 10.3. The van der Waals surface area contributed by atoms with E-state index in [1.54, 1.807) is 48.5 Å². The summed E-state index contributed by atoms with van der Waals surface area (Å²) in [5.74, 6) is 1.37. The number of aromatic nitrogens is 1. The van der Waals surface area contributed by atoms with Gasteiger partial charge in [-0.1, -0.05) is 57.0 Å². The smallest absolute Gasteiger partial charge is 0.343 e. The minimum Gasteiger partial charge on any atom is -0.494 e. The molecule has 1 heterocycles. The first-order valence-electron chi connectivity index (χ1n) is 13.7. The minimum absolute atomic E-state index is 0.429. The van der Waals surface area contributed by atoms with Crippen LogP contribution in [-0.4, -0.2) is 17.7 Å². The Morgan fingerprint density at radius 1 is 0.795 bits per heavy atom. The first kappa shape index (κ1) is 27.7. The highest BCUT2D eigenvalue weighted by Crippen LogP contribution is 2.28. The van der Waals surface area contributed by atoms with Crippen molar-refractivity contribution in [2.45, 2.75) is 58.3 Å². The summed E-state index contributed by atoms with van der Waals surface area (Å²) in [7, 11) is 0. The van der Waals surface area contributed by atoms with Gasteiger partial charge >= 0.3 is 5.97 Å². The topological polar surface area (TPSA) is 85.4 Å². The quantitative estimate of drug-likeness (QED) is 0.0936. The normalized spacial score (nSPS) is 10.7. The molecule has 0 radical (unpaired) electrons. The molecule has 0 aliphatic rings. The summed E-state index contributed by atoms with van der Waals surface area (Å²) >= 11 is 0. The van der Waals surface area contributed by atoms with Crippen molar-refractivity contribution in [3.8, 4) is 40.1 Å². The number of ether oxygens (including phenoxy) is 2. The minimum atomic E-state index is -0.429. The Morgan fingerprint density at radius 3 is 2.08 bits per heavy atom. The van der Waals surface area contributed by atoms with E-state index in [-0.39, 0.29) is 0 Å². The number of rotatable bonds is 14. The van der Waals surface area contributed by atoms with Crippen LogP contribution in [0.25, 0.3) is 22.6 Å². The molecule has 0 aliphatic carbocycles. The second-order valence-corrected chi connectivity index (χ2v) is 9.53. The van der Waals surface area contributed by atoms with Gasteiger partial charge in [-0.3, -0.25) is 0 Å². The summed E-state index contributed by atoms with van der Waals surface area (Å²) in [5, 5.41) is 13.1. The van der Waals surface area contributed by atoms with Gasteiger partial charge in [-0.05, 0) is 79.2 Å². The molecule has 0 fully saturated rings. The second kappa shape index (κ2) is 14.5. The van der Waals surface area contributed by atoms with E-state index in [1.165, 1.54) is 44.9 Å². The van der Waals surface area contributed by atoms with Crippen molar-refractivity contribution in [3.63, 3.8) is 0 Å². The molecule has 0 unspecified atom stereocenters. The maximum Gasteiger partial charge on any atom is 0.343 e. The zero-order valence-electron chi connectivity index (χ0n) is 22.4. The molecule has 4 rings (SSSR count). The fourth-order valence-electron chi connectivity index (χ4n) is 4.23. The Balaban J connectivity index is 1.22. The number of nitriles is 1. The number of unbranched alkanes of at least 4 members (excludes halogenated alkanes) is 7. The molecule has 0 saturated carbocycles. The predicted molar refractivity (Wildman–Crippen MR) is 152 cm³/mol. The SMILES string of the molecule is CCCCCCCCCCOc1ccc(C(=O)Oc2ccc(-c3cc(-c4ccc(C#N)cc4)on3)cc2)cc1. The molecule has 200 valence electrons. The van der Waals surface area contributed by atoms with E-state index in [0.29, 0.717) is 34.9 Å². The summed E-state index contributed by atoms with van der Waals surface area (Å²) < 4.78 is 16.8. The van der Waals surface area contributed by atoms with Gasteiger partial charge in [0.15, 0.2) is 5.76 Å². The third kappa shape index (κ3) is 8.31. The molecule has 39 heavy (non-hydrogen) atoms. The highest BCUT2D eigenvalue weighted by molar-refractivity contribution is 5.91. The predicted octanol–water partition coefficient (Wildman–Crippen LogP) is 8.62. The highest BCUT2D eigenvalue weighted by atomic mass is 16.5. The summed E-state index contributed by atoms with van der Waals surface area (Å²) in [6.07, 6.45) is 10.1. The van der Waals surface area contributed by atoms with Crippen molar-refractivity contribution in [3.05, 3.63) is 90.0 Å². The van der Waals surface area contributed by atoms with Crippen LogP contribution in [0.1, 0.15) is 74.2 Å². The lowest BCUT2D eigenvalue weighted by Gasteiger charge is -2.08. The summed E-state index contributed by atoms with van der Waals surface area (Å²) in [4.78, 5) is 12.6. The molecule has 6 heteroatoms. The lowest BCUT2D eigenvalue weighted by Crippen LogP contribution is -2.08. The molecular weight excluding hydrogens is 488 g/mol. The number of hydrogen-bond donors (Lipinski definition) is 0. The van der Waals surface area contributed by atoms with Gasteiger partial charge in [-0.15, -0.1) is 0 Å². The number of benzene rings is 3. The molecular formula is C33H34N2O4. The number of carbonyl (C=O) groups is 1. The fourth-order valence-corrected chi connectivity index (χ4v) is 4.23. The Hall–Kier alpha value is -4.37. The monoisotopic (exact) mass is 522 g/mol. The van der Waals surface area contributed by atoms with Gasteiger partial charge in [0.2, 0.25) is 0 Å². The molecule has 0 aliphatic heterocycles. The van der Waals surface area contributed by atoms with E-state index in [9.17, 15) is 4.79 Å². The van der Waals surface area contributed by atoms with Gasteiger partial charge in [0.25, 0.3) is 0 Å². The zero-order valence-corrected chi connectivity index (χ0v) is 22.4. The molecule has 0 atom stereocenters. The molecule has 0 saturated heterocycles. The van der Waals surface area contributed by atoms with Crippen LogP contribution in [0.4, 0.5) is 0 Å². The lowest BCUT2D eigenvalue weighted by atomic mass is 10.1. The molecule has 6 nitrogen and oxygen atoms in total. The standard InChI is InChI=1S/C33H34N2O4/c1-2-3-4-5-6-7-8-9-22-37-29-18-16-28(17-19-29)33(36)38-30-20-14-26(15-21-30)31-23-32(39-35-31)27-12-10-25(24-34)11-13-27/h10-21,23H,2-9,22H2,1H3. The van der Waals surface area contributed by atoms with E-state index in [4.69, 9.17) is 19.3 Å². The molecule has 0 amide bonds. The van der Waals surface area contributed by atoms with Crippen LogP contribution in [0.5, 0.6) is 11.5 Å². The number of hydrogen-bond acceptors (Lipinski definition) is 6. The second-order valence-electron chi connectivity index (χ2n) is 9.53. The summed E-state index contributed by atoms with van der Waals surface area (Å²) in [5.41, 5.74) is 3.37. The van der Waals surface area contributed by atoms with Gasteiger partial charge < -0.3 is 14.0 Å². The van der Waals surface area contributed by atoms with Crippen molar-refractivity contribution >= 4 is 5.97 Å². The average Bonchev–Trinajstić information content (AvgIpc) is 3.47. The molecule has 0 spiro atoms. The average molecular weight is 523 g/mol. The van der Waals surface area contributed by atoms with Crippen LogP contribution < -0.4 is 9.47 Å². The summed E-state index contributed by atoms with van der Waals surface area (Å²) in [6.45, 7) is 2.93. The third-order valence-corrected chi connectivity index (χ3v) is 6.53. The number of esters is 1. The van der Waals surface area contributed by atoms with Crippen molar-refractivity contribution in [2.75, 3.05) is 6.61 Å². The van der Waals surface area contributed by atoms with Gasteiger partial charge in [-0.2, -0.15) is 5.26 Å². The maximum atomic E-state index is 12.6. The Labute approximate surface area is 230 Å². The van der Waals surface area contributed by atoms with E-state index in [1.807, 2.05) is 30.3 Å². The van der Waals surface area contributed by atoms with Crippen LogP contribution in [0.15, 0.2) is 83.4 Å². The van der Waals surface area contributed by atoms with Crippen LogP contribution in [0.2, 0.25) is 0 Å². The highest BCUT2D eigenvalue weighted by Gasteiger charge is 2.12. The Morgan fingerprint density at radius 2 is 1.41 bits per heavy atom. The molecule has 0 bridgehead atoms. The molecule has 4 aromatic rings. The van der Waals surface area contributed by atoms with Crippen LogP contribution >= 0.6 is 0 Å². The lowest BCUT2D eigenvalue weighted by molar-refractivity contribution is 0.0734. The van der Waals surface area contributed by atoms with E-state index >= 15 is 0 Å². The molecule has 1 aromatic heterocycles.